The molecule has 0 aromatic heterocycles. The van der Waals surface area contributed by atoms with Crippen molar-refractivity contribution in [3.05, 3.63) is 29.3 Å². The van der Waals surface area contributed by atoms with E-state index in [1.54, 1.807) is 4.90 Å². The van der Waals surface area contributed by atoms with E-state index in [2.05, 4.69) is 39.0 Å². The third kappa shape index (κ3) is 5.33. The molecule has 0 amide bonds. The monoisotopic (exact) mass is 292 g/mol. The summed E-state index contributed by atoms with van der Waals surface area (Å²) in [5.74, 6) is 1.53. The molecule has 3 heteroatoms. The van der Waals surface area contributed by atoms with Crippen molar-refractivity contribution >= 4 is 0 Å². The van der Waals surface area contributed by atoms with Crippen molar-refractivity contribution in [1.82, 2.24) is 0 Å². The first kappa shape index (κ1) is 16.3. The summed E-state index contributed by atoms with van der Waals surface area (Å²) in [6, 6.07) is 6.48. The number of likely N-dealkylation sites (tertiary alicyclic amines) is 1. The molecular formula is C18H30NO2+. The van der Waals surface area contributed by atoms with Crippen molar-refractivity contribution in [3.8, 4) is 5.75 Å². The zero-order valence-corrected chi connectivity index (χ0v) is 13.8. The number of hydrogen-bond acceptors (Lipinski definition) is 2. The van der Waals surface area contributed by atoms with Gasteiger partial charge in [-0.25, -0.2) is 0 Å². The fraction of sp³-hybridized carbons (Fsp3) is 0.667. The van der Waals surface area contributed by atoms with E-state index in [0.717, 1.165) is 18.9 Å². The Labute approximate surface area is 129 Å². The lowest BCUT2D eigenvalue weighted by Crippen LogP contribution is -3.10. The van der Waals surface area contributed by atoms with E-state index in [-0.39, 0.29) is 0 Å². The molecule has 1 aliphatic rings. The van der Waals surface area contributed by atoms with E-state index in [4.69, 9.17) is 9.47 Å². The Morgan fingerprint density at radius 2 is 1.86 bits per heavy atom. The Morgan fingerprint density at radius 3 is 2.57 bits per heavy atom. The molecule has 3 nitrogen and oxygen atoms in total. The van der Waals surface area contributed by atoms with Crippen LogP contribution in [0.2, 0.25) is 0 Å². The Bertz CT molecular complexity index is 425. The summed E-state index contributed by atoms with van der Waals surface area (Å²) in [5.41, 5.74) is 2.52. The Morgan fingerprint density at radius 1 is 1.10 bits per heavy atom. The molecule has 118 valence electrons. The summed E-state index contributed by atoms with van der Waals surface area (Å²) in [4.78, 5) is 1.69. The summed E-state index contributed by atoms with van der Waals surface area (Å²) in [6.45, 7) is 12.5. The van der Waals surface area contributed by atoms with E-state index >= 15 is 0 Å². The van der Waals surface area contributed by atoms with Gasteiger partial charge in [-0.3, -0.25) is 0 Å². The first-order chi connectivity index (χ1) is 10.2. The van der Waals surface area contributed by atoms with Gasteiger partial charge in [0.25, 0.3) is 0 Å². The summed E-state index contributed by atoms with van der Waals surface area (Å²) in [7, 11) is 0. The lowest BCUT2D eigenvalue weighted by molar-refractivity contribution is -0.887. The van der Waals surface area contributed by atoms with E-state index < -0.39 is 0 Å². The number of quaternary nitrogens is 1. The van der Waals surface area contributed by atoms with Crippen LogP contribution in [-0.2, 0) is 4.74 Å². The van der Waals surface area contributed by atoms with Crippen molar-refractivity contribution in [2.75, 3.05) is 39.5 Å². The highest BCUT2D eigenvalue weighted by Gasteiger charge is 2.14. The molecule has 1 fully saturated rings. The number of nitrogens with one attached hydrogen (secondary N) is 1. The number of ether oxygens (including phenoxy) is 2. The van der Waals surface area contributed by atoms with Crippen LogP contribution in [0.5, 0.6) is 5.75 Å². The standard InChI is InChI=1S/C18H29NO2/c1-15(2)17-7-6-16(3)18(14-17)21-13-12-20-11-10-19-8-4-5-9-19/h6-7,14-15H,4-5,8-13H2,1-3H3/p+1. The summed E-state index contributed by atoms with van der Waals surface area (Å²) in [6.07, 6.45) is 2.76. The molecular weight excluding hydrogens is 262 g/mol. The van der Waals surface area contributed by atoms with Gasteiger partial charge in [0.15, 0.2) is 0 Å². The smallest absolute Gasteiger partial charge is 0.122 e. The van der Waals surface area contributed by atoms with Gasteiger partial charge in [0.05, 0.1) is 26.3 Å². The highest BCUT2D eigenvalue weighted by atomic mass is 16.5. The van der Waals surface area contributed by atoms with Gasteiger partial charge < -0.3 is 14.4 Å². The minimum absolute atomic E-state index is 0.535. The maximum Gasteiger partial charge on any atom is 0.122 e. The van der Waals surface area contributed by atoms with Crippen molar-refractivity contribution in [2.24, 2.45) is 0 Å². The largest absolute Gasteiger partial charge is 0.491 e. The van der Waals surface area contributed by atoms with Gasteiger partial charge in [-0.05, 0) is 30.0 Å². The average molecular weight is 292 g/mol. The van der Waals surface area contributed by atoms with Crippen LogP contribution in [0.15, 0.2) is 18.2 Å². The fourth-order valence-corrected chi connectivity index (χ4v) is 2.79. The molecule has 0 saturated carbocycles. The van der Waals surface area contributed by atoms with Crippen molar-refractivity contribution < 1.29 is 14.4 Å². The van der Waals surface area contributed by atoms with Crippen LogP contribution >= 0.6 is 0 Å². The van der Waals surface area contributed by atoms with Gasteiger partial charge in [-0.1, -0.05) is 26.0 Å². The number of rotatable bonds is 8. The zero-order valence-electron chi connectivity index (χ0n) is 13.8. The molecule has 0 atom stereocenters. The molecule has 0 radical (unpaired) electrons. The van der Waals surface area contributed by atoms with Gasteiger partial charge in [0.1, 0.15) is 18.9 Å². The van der Waals surface area contributed by atoms with Crippen LogP contribution in [0.4, 0.5) is 0 Å². The van der Waals surface area contributed by atoms with E-state index in [0.29, 0.717) is 19.1 Å². The number of hydrogen-bond donors (Lipinski definition) is 1. The molecule has 0 bridgehead atoms. The lowest BCUT2D eigenvalue weighted by Gasteiger charge is -2.14. The summed E-state index contributed by atoms with van der Waals surface area (Å²) in [5, 5.41) is 0. The molecule has 1 heterocycles. The predicted octanol–water partition coefficient (Wildman–Crippen LogP) is 2.19. The molecule has 0 unspecified atom stereocenters. The van der Waals surface area contributed by atoms with Gasteiger partial charge in [-0.15, -0.1) is 0 Å². The van der Waals surface area contributed by atoms with E-state index in [1.807, 2.05) is 0 Å². The second-order valence-electron chi connectivity index (χ2n) is 6.35. The second-order valence-corrected chi connectivity index (χ2v) is 6.35. The highest BCUT2D eigenvalue weighted by Crippen LogP contribution is 2.24. The number of aryl methyl sites for hydroxylation is 1. The quantitative estimate of drug-likeness (QED) is 0.742. The van der Waals surface area contributed by atoms with Crippen LogP contribution in [0.3, 0.4) is 0 Å². The molecule has 1 saturated heterocycles. The molecule has 21 heavy (non-hydrogen) atoms. The normalized spacial score (nSPS) is 15.8. The Kier molecular flexibility index (Phi) is 6.52. The fourth-order valence-electron chi connectivity index (χ4n) is 2.79. The third-order valence-corrected chi connectivity index (χ3v) is 4.27. The van der Waals surface area contributed by atoms with Gasteiger partial charge in [0.2, 0.25) is 0 Å². The molecule has 2 rings (SSSR count). The van der Waals surface area contributed by atoms with E-state index in [9.17, 15) is 0 Å². The SMILES string of the molecule is Cc1ccc(C(C)C)cc1OCCOCC[NH+]1CCCC1. The third-order valence-electron chi connectivity index (χ3n) is 4.27. The molecule has 1 N–H and O–H groups in total. The first-order valence-corrected chi connectivity index (χ1v) is 8.31. The Hall–Kier alpha value is -1.06. The van der Waals surface area contributed by atoms with Crippen LogP contribution < -0.4 is 9.64 Å². The van der Waals surface area contributed by atoms with Gasteiger partial charge in [0, 0.05) is 12.8 Å². The lowest BCUT2D eigenvalue weighted by atomic mass is 10.0. The van der Waals surface area contributed by atoms with Crippen LogP contribution in [0.25, 0.3) is 0 Å². The summed E-state index contributed by atoms with van der Waals surface area (Å²) >= 11 is 0. The van der Waals surface area contributed by atoms with Crippen molar-refractivity contribution in [3.63, 3.8) is 0 Å². The molecule has 1 aliphatic heterocycles. The highest BCUT2D eigenvalue weighted by molar-refractivity contribution is 5.37. The maximum absolute atomic E-state index is 5.87. The Balaban J connectivity index is 1.64. The molecule has 0 spiro atoms. The minimum atomic E-state index is 0.535. The van der Waals surface area contributed by atoms with Gasteiger partial charge >= 0.3 is 0 Å². The predicted molar refractivity (Wildman–Crippen MR) is 86.4 cm³/mol. The van der Waals surface area contributed by atoms with Crippen LogP contribution in [-0.4, -0.2) is 39.5 Å². The van der Waals surface area contributed by atoms with Crippen molar-refractivity contribution in [1.29, 1.82) is 0 Å². The zero-order chi connectivity index (χ0) is 15.1. The second kappa shape index (κ2) is 8.40. The van der Waals surface area contributed by atoms with Crippen LogP contribution in [0, 0.1) is 6.92 Å². The molecule has 0 aliphatic carbocycles. The van der Waals surface area contributed by atoms with Crippen LogP contribution in [0.1, 0.15) is 43.7 Å². The minimum Gasteiger partial charge on any atom is -0.491 e. The molecule has 1 aromatic rings. The topological polar surface area (TPSA) is 22.9 Å². The van der Waals surface area contributed by atoms with Crippen molar-refractivity contribution in [2.45, 2.75) is 39.5 Å². The van der Waals surface area contributed by atoms with Gasteiger partial charge in [-0.2, -0.15) is 0 Å². The molecule has 1 aromatic carbocycles. The maximum atomic E-state index is 5.87. The van der Waals surface area contributed by atoms with E-state index in [1.165, 1.54) is 37.1 Å². The average Bonchev–Trinajstić information content (AvgIpc) is 2.97. The first-order valence-electron chi connectivity index (χ1n) is 8.31. The summed E-state index contributed by atoms with van der Waals surface area (Å²) < 4.78 is 11.6. The number of benzene rings is 1.